The number of aromatic nitrogens is 2. The Kier molecular flexibility index (Phi) is 10.9. The molecule has 0 saturated carbocycles. The minimum absolute atomic E-state index is 0.0873. The highest BCUT2D eigenvalue weighted by Crippen LogP contribution is 2.51. The summed E-state index contributed by atoms with van der Waals surface area (Å²) in [6.45, 7) is -0.258. The van der Waals surface area contributed by atoms with Crippen LogP contribution in [0.1, 0.15) is 0 Å². The molecule has 0 amide bonds. The van der Waals surface area contributed by atoms with Crippen molar-refractivity contribution < 1.29 is 4.74 Å². The standard InChI is InChI=1S/C70H46B2N6OS/c1-6-23-47(24-7-1)75(48-25-8-2-9-26-48)52-41-62-68-65(43-52)79-64-38-21-18-35-56(64)72(68)57-45-58-66(46-61(57)78(62)59-36-19-16-33-54(59)70-73-39-22-40-74-70)80-67-44-53(76(49-27-10-3-11-28-49)50-29-12-4-13-30-50)42-63-69(67)71(58)55-34-17-20-37-60(55)77(63)51-31-14-5-15-32-51/h1-46H. The normalized spacial score (nSPS) is 12.9. The first kappa shape index (κ1) is 46.1. The van der Waals surface area contributed by atoms with Crippen LogP contribution in [0.3, 0.4) is 0 Å². The van der Waals surface area contributed by atoms with Gasteiger partial charge in [-0.3, -0.25) is 0 Å². The molecule has 0 spiro atoms. The van der Waals surface area contributed by atoms with Gasteiger partial charge in [0.05, 0.1) is 11.4 Å². The summed E-state index contributed by atoms with van der Waals surface area (Å²) in [4.78, 5) is 21.9. The van der Waals surface area contributed by atoms with Crippen LogP contribution in [-0.2, 0) is 0 Å². The first-order chi connectivity index (χ1) is 39.7. The molecule has 5 heterocycles. The summed E-state index contributed by atoms with van der Waals surface area (Å²) in [5, 5.41) is 0. The maximum absolute atomic E-state index is 7.23. The highest BCUT2D eigenvalue weighted by atomic mass is 32.2. The molecule has 0 aliphatic carbocycles. The van der Waals surface area contributed by atoms with Crippen LogP contribution in [0.5, 0.6) is 11.5 Å². The van der Waals surface area contributed by atoms with Gasteiger partial charge in [-0.05, 0) is 143 Å². The second-order valence-corrected chi connectivity index (χ2v) is 21.6. The largest absolute Gasteiger partial charge is 0.458 e. The minimum atomic E-state index is -0.171. The average Bonchev–Trinajstić information content (AvgIpc) is 3.63. The molecule has 0 radical (unpaired) electrons. The summed E-state index contributed by atoms with van der Waals surface area (Å²) in [7, 11) is 0. The third kappa shape index (κ3) is 7.40. The number of hydrogen-bond acceptors (Lipinski definition) is 8. The van der Waals surface area contributed by atoms with Crippen molar-refractivity contribution in [2.75, 3.05) is 19.6 Å². The summed E-state index contributed by atoms with van der Waals surface area (Å²) in [6.07, 6.45) is 3.66. The van der Waals surface area contributed by atoms with E-state index >= 15 is 0 Å². The van der Waals surface area contributed by atoms with Crippen molar-refractivity contribution in [1.82, 2.24) is 9.97 Å². The molecule has 4 aliphatic heterocycles. The minimum Gasteiger partial charge on any atom is -0.458 e. The van der Waals surface area contributed by atoms with Crippen molar-refractivity contribution in [3.8, 4) is 22.9 Å². The number of anilines is 12. The van der Waals surface area contributed by atoms with E-state index in [2.05, 4.69) is 280 Å². The van der Waals surface area contributed by atoms with E-state index in [1.54, 1.807) is 0 Å². The van der Waals surface area contributed by atoms with Gasteiger partial charge in [0.25, 0.3) is 6.71 Å². The van der Waals surface area contributed by atoms with Gasteiger partial charge >= 0.3 is 0 Å². The predicted molar refractivity (Wildman–Crippen MR) is 333 cm³/mol. The molecule has 11 aromatic carbocycles. The van der Waals surface area contributed by atoms with Gasteiger partial charge in [0.2, 0.25) is 6.71 Å². The number of nitrogens with zero attached hydrogens (tertiary/aromatic N) is 6. The van der Waals surface area contributed by atoms with Gasteiger partial charge in [0.1, 0.15) is 11.5 Å². The predicted octanol–water partition coefficient (Wildman–Crippen LogP) is 14.3. The molecule has 16 rings (SSSR count). The topological polar surface area (TPSA) is 48.0 Å². The van der Waals surface area contributed by atoms with E-state index in [1.165, 1.54) is 31.6 Å². The number of ether oxygens (including phenoxy) is 1. The highest BCUT2D eigenvalue weighted by Gasteiger charge is 2.47. The SMILES string of the molecule is c1ccc(N(c2ccccc2)c2cc3c4c(c2)N(c2ccccc2-c2ncccn2)c2cc5c(cc2B4c2ccccc2O3)B2c3ccccc3N(c3ccccc3)c3cc(N(c4ccccc4)c4ccccc4)cc(c32)S5)cc1. The first-order valence-electron chi connectivity index (χ1n) is 27.1. The van der Waals surface area contributed by atoms with E-state index in [0.29, 0.717) is 5.82 Å². The summed E-state index contributed by atoms with van der Waals surface area (Å²) >= 11 is 1.87. The number of hydrogen-bond donors (Lipinski definition) is 0. The Morgan fingerprint density at radius 2 is 0.850 bits per heavy atom. The molecule has 0 unspecified atom stereocenters. The van der Waals surface area contributed by atoms with Crippen LogP contribution < -0.4 is 57.1 Å². The Hall–Kier alpha value is -10.0. The monoisotopic (exact) mass is 1040 g/mol. The number of fused-ring (bicyclic) bond motifs is 8. The van der Waals surface area contributed by atoms with Crippen LogP contribution in [0.2, 0.25) is 0 Å². The maximum atomic E-state index is 7.23. The zero-order chi connectivity index (χ0) is 52.7. The van der Waals surface area contributed by atoms with E-state index < -0.39 is 0 Å². The fourth-order valence-electron chi connectivity index (χ4n) is 12.7. The van der Waals surface area contributed by atoms with E-state index in [-0.39, 0.29) is 13.4 Å². The zero-order valence-corrected chi connectivity index (χ0v) is 44.0. The van der Waals surface area contributed by atoms with E-state index in [1.807, 2.05) is 30.2 Å². The van der Waals surface area contributed by atoms with Crippen LogP contribution >= 0.6 is 11.8 Å². The van der Waals surface area contributed by atoms with Crippen LogP contribution in [0.4, 0.5) is 68.2 Å². The van der Waals surface area contributed by atoms with Crippen molar-refractivity contribution in [2.24, 2.45) is 0 Å². The summed E-state index contributed by atoms with van der Waals surface area (Å²) < 4.78 is 7.23. The molecule has 0 bridgehead atoms. The van der Waals surface area contributed by atoms with Crippen molar-refractivity contribution in [1.29, 1.82) is 0 Å². The molecule has 7 nitrogen and oxygen atoms in total. The van der Waals surface area contributed by atoms with Crippen LogP contribution in [-0.4, -0.2) is 23.4 Å². The second kappa shape index (κ2) is 18.9. The van der Waals surface area contributed by atoms with Crippen LogP contribution in [0, 0.1) is 0 Å². The summed E-state index contributed by atoms with van der Waals surface area (Å²) in [5.74, 6) is 2.32. The average molecular weight is 1040 g/mol. The Morgan fingerprint density at radius 3 is 1.49 bits per heavy atom. The molecule has 374 valence electrons. The third-order valence-corrected chi connectivity index (χ3v) is 17.1. The molecule has 0 saturated heterocycles. The Bertz CT molecular complexity index is 4270. The molecule has 0 atom stereocenters. The first-order valence-corrected chi connectivity index (χ1v) is 27.9. The number of rotatable bonds is 9. The second-order valence-electron chi connectivity index (χ2n) is 20.5. The highest BCUT2D eigenvalue weighted by molar-refractivity contribution is 8.00. The summed E-state index contributed by atoms with van der Waals surface area (Å²) in [6, 6.07) is 96.2. The van der Waals surface area contributed by atoms with Gasteiger partial charge in [-0.2, -0.15) is 0 Å². The quantitative estimate of drug-likeness (QED) is 0.133. The molecule has 0 fully saturated rings. The van der Waals surface area contributed by atoms with Crippen molar-refractivity contribution in [3.63, 3.8) is 0 Å². The smallest absolute Gasteiger partial charge is 0.256 e. The zero-order valence-electron chi connectivity index (χ0n) is 43.2. The lowest BCUT2D eigenvalue weighted by atomic mass is 9.31. The third-order valence-electron chi connectivity index (χ3n) is 16.0. The van der Waals surface area contributed by atoms with E-state index in [9.17, 15) is 0 Å². The molecule has 0 N–H and O–H groups in total. The van der Waals surface area contributed by atoms with Gasteiger partial charge in [-0.1, -0.05) is 163 Å². The number of para-hydroxylation sites is 8. The molecule has 1 aromatic heterocycles. The number of benzene rings is 11. The van der Waals surface area contributed by atoms with E-state index in [0.717, 1.165) is 96.2 Å². The Labute approximate surface area is 469 Å². The molecular formula is C70H46B2N6OS. The van der Waals surface area contributed by atoms with Crippen molar-refractivity contribution in [2.45, 2.75) is 9.79 Å². The van der Waals surface area contributed by atoms with Crippen molar-refractivity contribution in [3.05, 3.63) is 279 Å². The molecule has 10 heteroatoms. The Balaban J connectivity index is 0.984. The summed E-state index contributed by atoms with van der Waals surface area (Å²) in [5.41, 5.74) is 21.1. The molecule has 12 aromatic rings. The van der Waals surface area contributed by atoms with Gasteiger partial charge < -0.3 is 24.3 Å². The van der Waals surface area contributed by atoms with Crippen molar-refractivity contribution >= 4 is 126 Å². The molecule has 80 heavy (non-hydrogen) atoms. The lowest BCUT2D eigenvalue weighted by molar-refractivity contribution is 0.487. The lowest BCUT2D eigenvalue weighted by Gasteiger charge is -2.44. The van der Waals surface area contributed by atoms with Gasteiger partial charge in [0, 0.05) is 90.7 Å². The molecular weight excluding hydrogens is 995 g/mol. The fourth-order valence-corrected chi connectivity index (χ4v) is 13.9. The Morgan fingerprint density at radius 1 is 0.338 bits per heavy atom. The fraction of sp³-hybridized carbons (Fsp3) is 0. The van der Waals surface area contributed by atoms with Crippen LogP contribution in [0.25, 0.3) is 11.4 Å². The maximum Gasteiger partial charge on any atom is 0.256 e. The lowest BCUT2D eigenvalue weighted by Crippen LogP contribution is -2.63. The molecule has 4 aliphatic rings. The van der Waals surface area contributed by atoms with Gasteiger partial charge in [0.15, 0.2) is 5.82 Å². The van der Waals surface area contributed by atoms with Crippen LogP contribution in [0.15, 0.2) is 289 Å². The van der Waals surface area contributed by atoms with Gasteiger partial charge in [-0.25, -0.2) is 9.97 Å². The van der Waals surface area contributed by atoms with E-state index in [4.69, 9.17) is 14.7 Å². The van der Waals surface area contributed by atoms with Gasteiger partial charge in [-0.15, -0.1) is 0 Å².